The highest BCUT2D eigenvalue weighted by Crippen LogP contribution is 2.43. The van der Waals surface area contributed by atoms with Crippen LogP contribution in [0.5, 0.6) is 0 Å². The summed E-state index contributed by atoms with van der Waals surface area (Å²) >= 11 is 0. The Balaban J connectivity index is 2.06. The van der Waals surface area contributed by atoms with E-state index in [4.69, 9.17) is 0 Å². The van der Waals surface area contributed by atoms with Gasteiger partial charge >= 0.3 is 0 Å². The molecule has 0 spiro atoms. The molecule has 0 saturated carbocycles. The summed E-state index contributed by atoms with van der Waals surface area (Å²) in [5, 5.41) is 0. The minimum atomic E-state index is 0.426. The largest absolute Gasteiger partial charge is 0.0998 e. The third kappa shape index (κ3) is 5.64. The minimum Gasteiger partial charge on any atom is -0.0998 e. The van der Waals surface area contributed by atoms with Gasteiger partial charge in [0, 0.05) is 0 Å². The van der Waals surface area contributed by atoms with Crippen molar-refractivity contribution in [2.24, 2.45) is 28.6 Å². The molecule has 0 fully saturated rings. The SMILES string of the molecule is C=C(C)[C@H]1CC=C(CC2CCC(C)(C)CC(C)(C)CC=C[C@@H]2C)C1. The minimum absolute atomic E-state index is 0.426. The fourth-order valence-corrected chi connectivity index (χ4v) is 5.01. The molecule has 0 aromatic heterocycles. The molecular weight excluding hydrogens is 288 g/mol. The van der Waals surface area contributed by atoms with E-state index < -0.39 is 0 Å². The third-order valence-corrected chi connectivity index (χ3v) is 6.42. The first kappa shape index (κ1) is 19.5. The van der Waals surface area contributed by atoms with E-state index in [9.17, 15) is 0 Å². The summed E-state index contributed by atoms with van der Waals surface area (Å²) in [6.07, 6.45) is 16.5. The molecule has 0 saturated heterocycles. The number of hydrogen-bond donors (Lipinski definition) is 0. The van der Waals surface area contributed by atoms with Crippen molar-refractivity contribution in [1.29, 1.82) is 0 Å². The Bertz CT molecular complexity index is 500. The van der Waals surface area contributed by atoms with Crippen molar-refractivity contribution in [2.75, 3.05) is 0 Å². The zero-order valence-corrected chi connectivity index (χ0v) is 17.1. The lowest BCUT2D eigenvalue weighted by atomic mass is 9.68. The number of hydrogen-bond acceptors (Lipinski definition) is 0. The van der Waals surface area contributed by atoms with Crippen LogP contribution < -0.4 is 0 Å². The molecular formula is C24H40. The number of allylic oxidation sites excluding steroid dienone is 5. The van der Waals surface area contributed by atoms with Crippen LogP contribution in [0.4, 0.5) is 0 Å². The van der Waals surface area contributed by atoms with Crippen molar-refractivity contribution in [2.45, 2.75) is 86.5 Å². The van der Waals surface area contributed by atoms with Crippen LogP contribution in [0.1, 0.15) is 86.5 Å². The van der Waals surface area contributed by atoms with Gasteiger partial charge in [-0.1, -0.05) is 70.6 Å². The molecule has 0 aromatic carbocycles. The van der Waals surface area contributed by atoms with E-state index in [-0.39, 0.29) is 0 Å². The van der Waals surface area contributed by atoms with Crippen LogP contribution in [0.25, 0.3) is 0 Å². The van der Waals surface area contributed by atoms with E-state index in [2.05, 4.69) is 66.3 Å². The Morgan fingerprint density at radius 3 is 2.54 bits per heavy atom. The zero-order valence-electron chi connectivity index (χ0n) is 17.1. The van der Waals surface area contributed by atoms with Crippen molar-refractivity contribution in [3.63, 3.8) is 0 Å². The lowest BCUT2D eigenvalue weighted by Gasteiger charge is -2.37. The van der Waals surface area contributed by atoms with Gasteiger partial charge in [0.2, 0.25) is 0 Å². The predicted octanol–water partition coefficient (Wildman–Crippen LogP) is 7.72. The van der Waals surface area contributed by atoms with Gasteiger partial charge in [-0.2, -0.15) is 0 Å². The van der Waals surface area contributed by atoms with Gasteiger partial charge in [0.15, 0.2) is 0 Å². The van der Waals surface area contributed by atoms with Gasteiger partial charge in [0.25, 0.3) is 0 Å². The predicted molar refractivity (Wildman–Crippen MR) is 108 cm³/mol. The third-order valence-electron chi connectivity index (χ3n) is 6.42. The molecule has 1 unspecified atom stereocenters. The van der Waals surface area contributed by atoms with Crippen LogP contribution in [0, 0.1) is 28.6 Å². The molecule has 3 atom stereocenters. The molecule has 0 radical (unpaired) electrons. The van der Waals surface area contributed by atoms with Crippen LogP contribution >= 0.6 is 0 Å². The maximum absolute atomic E-state index is 4.17. The van der Waals surface area contributed by atoms with Gasteiger partial charge < -0.3 is 0 Å². The first-order valence-corrected chi connectivity index (χ1v) is 10.1. The van der Waals surface area contributed by atoms with Crippen LogP contribution in [0.2, 0.25) is 0 Å². The Morgan fingerprint density at radius 1 is 1.21 bits per heavy atom. The standard InChI is InChI=1S/C24H40/c1-18(2)21-11-10-20(15-21)16-22-12-14-24(6,7)17-23(4,5)13-8-9-19(22)3/h8-10,19,21-22H,1,11-17H2,2-7H3/t19-,21-,22?/m0/s1. The van der Waals surface area contributed by atoms with Gasteiger partial charge in [-0.3, -0.25) is 0 Å². The smallest absolute Gasteiger partial charge is 0.0137 e. The molecule has 0 amide bonds. The Hall–Kier alpha value is -0.780. The first-order valence-electron chi connectivity index (χ1n) is 10.1. The van der Waals surface area contributed by atoms with Gasteiger partial charge in [0.1, 0.15) is 0 Å². The Morgan fingerprint density at radius 2 is 1.92 bits per heavy atom. The van der Waals surface area contributed by atoms with E-state index in [0.29, 0.717) is 22.7 Å². The van der Waals surface area contributed by atoms with Crippen LogP contribution in [-0.2, 0) is 0 Å². The first-order chi connectivity index (χ1) is 11.1. The Kier molecular flexibility index (Phi) is 6.21. The second-order valence-corrected chi connectivity index (χ2v) is 10.3. The average Bonchev–Trinajstić information content (AvgIpc) is 2.89. The van der Waals surface area contributed by atoms with Crippen molar-refractivity contribution in [3.05, 3.63) is 36.0 Å². The maximum Gasteiger partial charge on any atom is -0.0137 e. The zero-order chi connectivity index (χ0) is 18.0. The van der Waals surface area contributed by atoms with Crippen molar-refractivity contribution < 1.29 is 0 Å². The summed E-state index contributed by atoms with van der Waals surface area (Å²) in [6, 6.07) is 0. The van der Waals surface area contributed by atoms with E-state index in [1.807, 2.05) is 0 Å². The molecule has 2 aliphatic rings. The molecule has 0 bridgehead atoms. The second-order valence-electron chi connectivity index (χ2n) is 10.3. The van der Waals surface area contributed by atoms with Gasteiger partial charge in [0.05, 0.1) is 0 Å². The molecule has 0 heteroatoms. The summed E-state index contributed by atoms with van der Waals surface area (Å²) in [5.41, 5.74) is 3.94. The highest BCUT2D eigenvalue weighted by Gasteiger charge is 2.31. The summed E-state index contributed by atoms with van der Waals surface area (Å²) in [4.78, 5) is 0. The maximum atomic E-state index is 4.17. The molecule has 136 valence electrons. The lowest BCUT2D eigenvalue weighted by Crippen LogP contribution is -2.25. The van der Waals surface area contributed by atoms with Crippen molar-refractivity contribution >= 4 is 0 Å². The summed E-state index contributed by atoms with van der Waals surface area (Å²) < 4.78 is 0. The second kappa shape index (κ2) is 7.63. The lowest BCUT2D eigenvalue weighted by molar-refractivity contribution is 0.163. The van der Waals surface area contributed by atoms with Crippen molar-refractivity contribution in [3.8, 4) is 0 Å². The van der Waals surface area contributed by atoms with E-state index >= 15 is 0 Å². The molecule has 2 aliphatic carbocycles. The molecule has 24 heavy (non-hydrogen) atoms. The average molecular weight is 329 g/mol. The monoisotopic (exact) mass is 328 g/mol. The van der Waals surface area contributed by atoms with Gasteiger partial charge in [-0.05, 0) is 80.5 Å². The summed E-state index contributed by atoms with van der Waals surface area (Å²) in [6.45, 7) is 18.6. The van der Waals surface area contributed by atoms with Crippen LogP contribution in [-0.4, -0.2) is 0 Å². The molecule has 0 heterocycles. The number of rotatable bonds is 3. The van der Waals surface area contributed by atoms with Gasteiger partial charge in [-0.15, -0.1) is 0 Å². The van der Waals surface area contributed by atoms with Crippen molar-refractivity contribution in [1.82, 2.24) is 0 Å². The summed E-state index contributed by atoms with van der Waals surface area (Å²) in [5.74, 6) is 2.21. The molecule has 0 aliphatic heterocycles. The van der Waals surface area contributed by atoms with Crippen LogP contribution in [0.15, 0.2) is 36.0 Å². The molecule has 0 aromatic rings. The highest BCUT2D eigenvalue weighted by molar-refractivity contribution is 5.18. The molecule has 0 N–H and O–H groups in total. The quantitative estimate of drug-likeness (QED) is 0.465. The normalized spacial score (nSPS) is 33.1. The Labute approximate surface area is 151 Å². The van der Waals surface area contributed by atoms with E-state index in [0.717, 1.165) is 5.92 Å². The van der Waals surface area contributed by atoms with Crippen LogP contribution in [0.3, 0.4) is 0 Å². The van der Waals surface area contributed by atoms with Gasteiger partial charge in [-0.25, -0.2) is 0 Å². The highest BCUT2D eigenvalue weighted by atomic mass is 14.4. The topological polar surface area (TPSA) is 0 Å². The molecule has 2 rings (SSSR count). The summed E-state index contributed by atoms with van der Waals surface area (Å²) in [7, 11) is 0. The molecule has 0 nitrogen and oxygen atoms in total. The fourth-order valence-electron chi connectivity index (χ4n) is 5.01. The fraction of sp³-hybridized carbons (Fsp3) is 0.750. The van der Waals surface area contributed by atoms with E-state index in [1.165, 1.54) is 50.5 Å². The van der Waals surface area contributed by atoms with E-state index in [1.54, 1.807) is 5.57 Å².